The molecule has 1 N–H and O–H groups in total. The second kappa shape index (κ2) is 5.00. The third-order valence-electron chi connectivity index (χ3n) is 2.66. The molecule has 94 valence electrons. The average molecular weight is 250 g/mol. The van der Waals surface area contributed by atoms with E-state index in [1.54, 1.807) is 0 Å². The molecule has 0 radical (unpaired) electrons. The molecule has 0 saturated heterocycles. The lowest BCUT2D eigenvalue weighted by Gasteiger charge is -2.07. The quantitative estimate of drug-likeness (QED) is 0.890. The minimum Gasteiger partial charge on any atom is -0.353 e. The van der Waals surface area contributed by atoms with E-state index in [2.05, 4.69) is 5.32 Å². The molecule has 0 unspecified atom stereocenters. The van der Waals surface area contributed by atoms with Gasteiger partial charge in [-0.2, -0.15) is 0 Å². The molecule has 5 heteroatoms. The Morgan fingerprint density at radius 3 is 2.72 bits per heavy atom. The highest BCUT2D eigenvalue weighted by Crippen LogP contribution is 2.09. The van der Waals surface area contributed by atoms with Crippen LogP contribution in [0.5, 0.6) is 0 Å². The van der Waals surface area contributed by atoms with Gasteiger partial charge in [-0.3, -0.25) is 4.79 Å². The number of carbonyl (C=O) groups excluding carboxylic acids is 1. The van der Waals surface area contributed by atoms with Crippen molar-refractivity contribution < 1.29 is 13.6 Å². The Bertz CT molecular complexity index is 578. The van der Waals surface area contributed by atoms with E-state index in [1.807, 2.05) is 29.9 Å². The maximum absolute atomic E-state index is 13.3. The molecule has 0 aliphatic carbocycles. The maximum Gasteiger partial charge on any atom is 0.254 e. The Hall–Kier alpha value is -2.17. The average Bonchev–Trinajstić information content (AvgIpc) is 2.72. The van der Waals surface area contributed by atoms with Crippen LogP contribution in [0.25, 0.3) is 0 Å². The summed E-state index contributed by atoms with van der Waals surface area (Å²) >= 11 is 0. The first kappa shape index (κ1) is 12.3. The SMILES string of the molecule is Cn1cccc1CNC(=O)c1ccc(F)cc1F. The van der Waals surface area contributed by atoms with Crippen molar-refractivity contribution in [2.75, 3.05) is 0 Å². The molecule has 0 bridgehead atoms. The van der Waals surface area contributed by atoms with Crippen LogP contribution in [0.2, 0.25) is 0 Å². The van der Waals surface area contributed by atoms with Crippen molar-refractivity contribution in [3.8, 4) is 0 Å². The highest BCUT2D eigenvalue weighted by atomic mass is 19.1. The first-order chi connectivity index (χ1) is 8.58. The van der Waals surface area contributed by atoms with Crippen LogP contribution in [0.3, 0.4) is 0 Å². The van der Waals surface area contributed by atoms with Crippen LogP contribution in [-0.4, -0.2) is 10.5 Å². The summed E-state index contributed by atoms with van der Waals surface area (Å²) in [6.07, 6.45) is 1.85. The van der Waals surface area contributed by atoms with Gasteiger partial charge in [0, 0.05) is 25.0 Å². The number of aromatic nitrogens is 1. The van der Waals surface area contributed by atoms with Crippen molar-refractivity contribution in [2.24, 2.45) is 7.05 Å². The molecule has 1 aromatic heterocycles. The fourth-order valence-electron chi connectivity index (χ4n) is 1.62. The van der Waals surface area contributed by atoms with Crippen molar-refractivity contribution in [2.45, 2.75) is 6.54 Å². The van der Waals surface area contributed by atoms with Gasteiger partial charge in [-0.05, 0) is 24.3 Å². The lowest BCUT2D eigenvalue weighted by atomic mass is 10.2. The monoisotopic (exact) mass is 250 g/mol. The first-order valence-electron chi connectivity index (χ1n) is 5.41. The van der Waals surface area contributed by atoms with Gasteiger partial charge in [0.15, 0.2) is 0 Å². The van der Waals surface area contributed by atoms with Crippen LogP contribution < -0.4 is 5.32 Å². The van der Waals surface area contributed by atoms with E-state index < -0.39 is 17.5 Å². The molecule has 0 aliphatic heterocycles. The highest BCUT2D eigenvalue weighted by Gasteiger charge is 2.12. The summed E-state index contributed by atoms with van der Waals surface area (Å²) in [5.41, 5.74) is 0.733. The molecule has 0 aliphatic rings. The minimum atomic E-state index is -0.862. The van der Waals surface area contributed by atoms with Gasteiger partial charge >= 0.3 is 0 Å². The summed E-state index contributed by atoms with van der Waals surface area (Å²) in [6, 6.07) is 6.57. The molecule has 1 heterocycles. The molecular formula is C13H12F2N2O. The molecule has 18 heavy (non-hydrogen) atoms. The number of halogens is 2. The first-order valence-corrected chi connectivity index (χ1v) is 5.41. The molecule has 0 fully saturated rings. The van der Waals surface area contributed by atoms with Gasteiger partial charge in [-0.15, -0.1) is 0 Å². The van der Waals surface area contributed by atoms with Gasteiger partial charge in [-0.25, -0.2) is 8.78 Å². The number of carbonyl (C=O) groups is 1. The van der Waals surface area contributed by atoms with Crippen LogP contribution in [0.1, 0.15) is 16.1 Å². The van der Waals surface area contributed by atoms with E-state index in [4.69, 9.17) is 0 Å². The Balaban J connectivity index is 2.06. The topological polar surface area (TPSA) is 34.0 Å². The Labute approximate surface area is 103 Å². The normalized spacial score (nSPS) is 10.4. The maximum atomic E-state index is 13.3. The predicted molar refractivity (Wildman–Crippen MR) is 62.9 cm³/mol. The third kappa shape index (κ3) is 2.56. The summed E-state index contributed by atoms with van der Waals surface area (Å²) < 4.78 is 27.9. The third-order valence-corrected chi connectivity index (χ3v) is 2.66. The summed E-state index contributed by atoms with van der Waals surface area (Å²) in [5, 5.41) is 2.58. The number of benzene rings is 1. The van der Waals surface area contributed by atoms with E-state index >= 15 is 0 Å². The Morgan fingerprint density at radius 1 is 1.33 bits per heavy atom. The molecule has 1 amide bonds. The fourth-order valence-corrected chi connectivity index (χ4v) is 1.62. The number of aryl methyl sites for hydroxylation is 1. The van der Waals surface area contributed by atoms with Crippen molar-refractivity contribution in [1.82, 2.24) is 9.88 Å². The summed E-state index contributed by atoms with van der Waals surface area (Å²) in [7, 11) is 1.85. The number of hydrogen-bond donors (Lipinski definition) is 1. The van der Waals surface area contributed by atoms with Crippen LogP contribution in [0.15, 0.2) is 36.5 Å². The highest BCUT2D eigenvalue weighted by molar-refractivity contribution is 5.94. The van der Waals surface area contributed by atoms with E-state index in [9.17, 15) is 13.6 Å². The molecular weight excluding hydrogens is 238 g/mol. The Morgan fingerprint density at radius 2 is 2.11 bits per heavy atom. The second-order valence-corrected chi connectivity index (χ2v) is 3.92. The van der Waals surface area contributed by atoms with Crippen molar-refractivity contribution >= 4 is 5.91 Å². The molecule has 3 nitrogen and oxygen atoms in total. The number of nitrogens with one attached hydrogen (secondary N) is 1. The van der Waals surface area contributed by atoms with Gasteiger partial charge in [0.2, 0.25) is 0 Å². The number of rotatable bonds is 3. The van der Waals surface area contributed by atoms with Crippen LogP contribution in [0.4, 0.5) is 8.78 Å². The smallest absolute Gasteiger partial charge is 0.254 e. The largest absolute Gasteiger partial charge is 0.353 e. The minimum absolute atomic E-state index is 0.161. The van der Waals surface area contributed by atoms with E-state index in [-0.39, 0.29) is 5.56 Å². The summed E-state index contributed by atoms with van der Waals surface area (Å²) in [6.45, 7) is 0.291. The molecule has 0 atom stereocenters. The van der Waals surface area contributed by atoms with Gasteiger partial charge in [0.25, 0.3) is 5.91 Å². The summed E-state index contributed by atoms with van der Waals surface area (Å²) in [5.74, 6) is -2.13. The molecule has 2 rings (SSSR count). The summed E-state index contributed by atoms with van der Waals surface area (Å²) in [4.78, 5) is 11.7. The molecule has 2 aromatic rings. The number of amides is 1. The zero-order valence-corrected chi connectivity index (χ0v) is 9.78. The fraction of sp³-hybridized carbons (Fsp3) is 0.154. The van der Waals surface area contributed by atoms with Crippen molar-refractivity contribution in [1.29, 1.82) is 0 Å². The van der Waals surface area contributed by atoms with E-state index in [0.717, 1.165) is 17.8 Å². The van der Waals surface area contributed by atoms with Gasteiger partial charge in [-0.1, -0.05) is 0 Å². The van der Waals surface area contributed by atoms with E-state index in [1.165, 1.54) is 0 Å². The number of hydrogen-bond acceptors (Lipinski definition) is 1. The van der Waals surface area contributed by atoms with E-state index in [0.29, 0.717) is 12.6 Å². The standard InChI is InChI=1S/C13H12F2N2O/c1-17-6-2-3-10(17)8-16-13(18)11-5-4-9(14)7-12(11)15/h2-7H,8H2,1H3,(H,16,18). The van der Waals surface area contributed by atoms with Crippen molar-refractivity contribution in [3.63, 3.8) is 0 Å². The lowest BCUT2D eigenvalue weighted by Crippen LogP contribution is -2.24. The molecule has 1 aromatic carbocycles. The zero-order valence-electron chi connectivity index (χ0n) is 9.78. The van der Waals surface area contributed by atoms with Crippen LogP contribution in [-0.2, 0) is 13.6 Å². The van der Waals surface area contributed by atoms with Gasteiger partial charge in [0.05, 0.1) is 12.1 Å². The van der Waals surface area contributed by atoms with Crippen LogP contribution >= 0.6 is 0 Å². The number of nitrogens with zero attached hydrogens (tertiary/aromatic N) is 1. The predicted octanol–water partition coefficient (Wildman–Crippen LogP) is 2.23. The van der Waals surface area contributed by atoms with Gasteiger partial charge in [0.1, 0.15) is 11.6 Å². The Kier molecular flexibility index (Phi) is 3.41. The van der Waals surface area contributed by atoms with Crippen LogP contribution in [0, 0.1) is 11.6 Å². The molecule has 0 saturated carbocycles. The lowest BCUT2D eigenvalue weighted by molar-refractivity contribution is 0.0946. The van der Waals surface area contributed by atoms with Crippen molar-refractivity contribution in [3.05, 3.63) is 59.4 Å². The van der Waals surface area contributed by atoms with Gasteiger partial charge < -0.3 is 9.88 Å². The second-order valence-electron chi connectivity index (χ2n) is 3.92. The zero-order chi connectivity index (χ0) is 13.1. The molecule has 0 spiro atoms.